The van der Waals surface area contributed by atoms with Crippen LogP contribution < -0.4 is 16.0 Å². The van der Waals surface area contributed by atoms with Gasteiger partial charge in [0, 0.05) is 75.9 Å². The molecule has 24 nitrogen and oxygen atoms in total. The summed E-state index contributed by atoms with van der Waals surface area (Å²) in [6, 6.07) is -9.23. The lowest BCUT2D eigenvalue weighted by Gasteiger charge is -2.46. The maximum absolute atomic E-state index is 15.3. The van der Waals surface area contributed by atoms with Crippen molar-refractivity contribution in [2.24, 2.45) is 17.8 Å². The van der Waals surface area contributed by atoms with Gasteiger partial charge in [0.15, 0.2) is 0 Å². The quantitative estimate of drug-likeness (QED) is 0.186. The molecule has 2 saturated heterocycles. The first-order valence-electron chi connectivity index (χ1n) is 35.6. The number of rotatable bonds is 10. The van der Waals surface area contributed by atoms with E-state index < -0.39 is 241 Å². The Morgan fingerprint density at radius 1 is 0.645 bits per heavy atom. The van der Waals surface area contributed by atoms with Gasteiger partial charge in [-0.25, -0.2) is 8.78 Å². The van der Waals surface area contributed by atoms with Gasteiger partial charge in [0.25, 0.3) is 0 Å². The van der Waals surface area contributed by atoms with Crippen LogP contribution in [-0.2, 0) is 82.7 Å². The van der Waals surface area contributed by atoms with Crippen molar-refractivity contribution in [1.29, 1.82) is 0 Å². The summed E-state index contributed by atoms with van der Waals surface area (Å²) in [6.07, 6.45) is -14.7. The summed E-state index contributed by atoms with van der Waals surface area (Å²) in [5.74, 6) is -19.9. The summed E-state index contributed by atoms with van der Waals surface area (Å²) < 4.78 is 159. The molecular formula is C72H95F11N12O12. The fourth-order valence-corrected chi connectivity index (χ4v) is 14.7. The van der Waals surface area contributed by atoms with E-state index in [0.717, 1.165) is 58.4 Å². The molecule has 3 N–H and O–H groups in total. The van der Waals surface area contributed by atoms with Gasteiger partial charge in [-0.15, -0.1) is 0 Å². The fourth-order valence-electron chi connectivity index (χ4n) is 14.7. The molecule has 107 heavy (non-hydrogen) atoms. The van der Waals surface area contributed by atoms with Crippen LogP contribution in [0.25, 0.3) is 0 Å². The minimum atomic E-state index is -5.54. The first kappa shape index (κ1) is 85.3. The van der Waals surface area contributed by atoms with Gasteiger partial charge in [0.1, 0.15) is 71.1 Å². The third-order valence-corrected chi connectivity index (χ3v) is 21.5. The van der Waals surface area contributed by atoms with E-state index in [4.69, 9.17) is 0 Å². The molecule has 7 rings (SSSR count). The number of carbonyl (C=O) groups is 12. The van der Waals surface area contributed by atoms with E-state index in [1.165, 1.54) is 49.3 Å². The van der Waals surface area contributed by atoms with Gasteiger partial charge in [-0.3, -0.25) is 57.5 Å². The number of carbonyl (C=O) groups excluding carboxylic acids is 12. The van der Waals surface area contributed by atoms with Crippen molar-refractivity contribution >= 4 is 70.9 Å². The number of nitrogens with zero attached hydrogens (tertiary/aromatic N) is 9. The Kier molecular flexibility index (Phi) is 27.9. The van der Waals surface area contributed by atoms with Crippen LogP contribution in [0, 0.1) is 29.4 Å². The maximum Gasteiger partial charge on any atom is 0.422 e. The third-order valence-electron chi connectivity index (χ3n) is 21.5. The predicted octanol–water partition coefficient (Wildman–Crippen LogP) is 5.88. The van der Waals surface area contributed by atoms with E-state index >= 15 is 50.7 Å². The minimum absolute atomic E-state index is 0.0328. The zero-order valence-corrected chi connectivity index (χ0v) is 61.7. The molecule has 4 fully saturated rings. The van der Waals surface area contributed by atoms with Gasteiger partial charge < -0.3 is 60.0 Å². The molecule has 3 aliphatic heterocycles. The summed E-state index contributed by atoms with van der Waals surface area (Å²) in [5, 5.41) is 7.62. The number of likely N-dealkylation sites (N-methyl/N-ethyl adjacent to an activating group) is 7. The van der Waals surface area contributed by atoms with Crippen molar-refractivity contribution in [2.75, 3.05) is 82.6 Å². The Morgan fingerprint density at radius 2 is 1.25 bits per heavy atom. The summed E-state index contributed by atoms with van der Waals surface area (Å²) in [4.78, 5) is 187. The van der Waals surface area contributed by atoms with Crippen LogP contribution in [0.4, 0.5) is 48.3 Å². The molecule has 2 bridgehead atoms. The molecule has 0 unspecified atom stereocenters. The Labute approximate surface area is 613 Å². The van der Waals surface area contributed by atoms with Gasteiger partial charge in [0.2, 0.25) is 70.9 Å². The molecule has 2 aliphatic carbocycles. The average Bonchev–Trinajstić information content (AvgIpc) is 1.65. The highest BCUT2D eigenvalue weighted by Crippen LogP contribution is 2.42. The molecule has 35 heteroatoms. The van der Waals surface area contributed by atoms with Crippen molar-refractivity contribution in [3.05, 3.63) is 82.4 Å². The van der Waals surface area contributed by atoms with E-state index in [1.54, 1.807) is 32.9 Å². The van der Waals surface area contributed by atoms with Crippen molar-refractivity contribution < 1.29 is 106 Å². The lowest BCUT2D eigenvalue weighted by Crippen LogP contribution is -2.68. The number of fused-ring (bicyclic) bond motifs is 3. The first-order chi connectivity index (χ1) is 49.9. The van der Waals surface area contributed by atoms with Crippen LogP contribution in [-0.4, -0.2) is 258 Å². The van der Waals surface area contributed by atoms with Gasteiger partial charge in [-0.05, 0) is 118 Å². The number of hydrogen-bond acceptors (Lipinski definition) is 12. The second kappa shape index (κ2) is 35.0. The van der Waals surface area contributed by atoms with Crippen LogP contribution in [0.2, 0.25) is 0 Å². The maximum atomic E-state index is 15.3. The van der Waals surface area contributed by atoms with Gasteiger partial charge >= 0.3 is 18.5 Å². The smallest absolute Gasteiger partial charge is 0.347 e. The molecule has 5 aliphatic rings. The summed E-state index contributed by atoms with van der Waals surface area (Å²) in [7, 11) is 10.0. The molecule has 0 radical (unpaired) electrons. The topological polar surface area (TPSA) is 270 Å². The number of hydrogen-bond donors (Lipinski definition) is 3. The van der Waals surface area contributed by atoms with Crippen LogP contribution in [0.3, 0.4) is 0 Å². The zero-order chi connectivity index (χ0) is 79.9. The van der Waals surface area contributed by atoms with Gasteiger partial charge in [-0.1, -0.05) is 64.3 Å². The van der Waals surface area contributed by atoms with Crippen LogP contribution in [0.5, 0.6) is 0 Å². The Morgan fingerprint density at radius 3 is 1.79 bits per heavy atom. The second-order valence-corrected chi connectivity index (χ2v) is 29.0. The number of alkyl halides is 9. The lowest BCUT2D eigenvalue weighted by molar-refractivity contribution is -0.171. The Bertz CT molecular complexity index is 3660. The van der Waals surface area contributed by atoms with E-state index in [-0.39, 0.29) is 69.2 Å². The summed E-state index contributed by atoms with van der Waals surface area (Å²) in [5.41, 5.74) is -5.88. The van der Waals surface area contributed by atoms with Crippen LogP contribution in [0.15, 0.2) is 48.6 Å². The van der Waals surface area contributed by atoms with Gasteiger partial charge in [-0.2, -0.15) is 39.5 Å². The number of aryl methyl sites for hydroxylation is 1. The average molecular weight is 1530 g/mol. The molecule has 3 heterocycles. The monoisotopic (exact) mass is 1530 g/mol. The first-order valence-corrected chi connectivity index (χ1v) is 35.6. The Balaban J connectivity index is 1.35. The molecule has 2 aromatic carbocycles. The number of amides is 12. The molecule has 2 aromatic rings. The molecular weight excluding hydrogens is 1430 g/mol. The van der Waals surface area contributed by atoms with Crippen LogP contribution >= 0.6 is 0 Å². The zero-order valence-electron chi connectivity index (χ0n) is 61.7. The normalized spacial score (nSPS) is 26.3. The van der Waals surface area contributed by atoms with E-state index in [2.05, 4.69) is 16.0 Å². The SMILES string of the molecule is CC[C@H](C)[C@@H]1NC(=O)[C@H](CC)N(C)C(=O)C[C@@H](C(=O)N(C)C)N(C)C(=O)[C@H](C2CCCC2)N(C)C(=O)C2(CCC2)NC(=O)[C@@H]2C[C@@H](C(F)(F)F)CN2C(=O)[C@H](CCc2cc(F)c(C(F)(F)F)c(F)c2)NC(=O)CN(C)C(=O)[C@H](Cc2ccc(C(F)(F)F)cc2)N2CC/C=C\C[C@@H](C2=O)N(C)C(=O)CN(C)C1=O. The molecule has 0 aromatic heterocycles. The van der Waals surface area contributed by atoms with Crippen molar-refractivity contribution in [3.63, 3.8) is 0 Å². The minimum Gasteiger partial charge on any atom is -0.347 e. The standard InChI is InChI=1S/C72H95F11N12O12/c1-12-40(3)58-66(105)89(7)39-56(98)91(9)50-22-15-14-18-31-94(65(50)104)53(34-41-23-26-44(27-24-41)70(75,76)77)64(103)88(6)38-54(96)84-48(28-25-42-32-46(73)57(47(74)33-42)72(81,82)83)62(101)95-37-45(71(78,79)80)35-51(95)61(100)86-69(29-19-30-69)68(107)93(11)59(43-20-16-17-21-43)67(106)92(10)52(63(102)87(4)5)36-55(97)90(8)49(13-2)60(99)85-58/h14-15,23-24,26-27,32-33,40,43,45,48-53,58-59H,12-13,16-22,25,28-31,34-39H2,1-11H3,(H,84,96)(H,85,99)(H,86,100)/b15-14-/t40-,45+,48-,49-,50-,51-,52-,53-,58-,59-/m0/s1. The van der Waals surface area contributed by atoms with Gasteiger partial charge in [0.05, 0.1) is 31.0 Å². The molecule has 2 saturated carbocycles. The fraction of sp³-hybridized carbons (Fsp3) is 0.639. The van der Waals surface area contributed by atoms with Crippen molar-refractivity contribution in [2.45, 2.75) is 196 Å². The molecule has 592 valence electrons. The summed E-state index contributed by atoms with van der Waals surface area (Å²) >= 11 is 0. The molecule has 1 spiro atoms. The van der Waals surface area contributed by atoms with E-state index in [0.29, 0.717) is 42.7 Å². The van der Waals surface area contributed by atoms with E-state index in [1.807, 2.05) is 0 Å². The van der Waals surface area contributed by atoms with Crippen molar-refractivity contribution in [1.82, 2.24) is 60.0 Å². The van der Waals surface area contributed by atoms with E-state index in [9.17, 15) is 55.1 Å². The van der Waals surface area contributed by atoms with Crippen molar-refractivity contribution in [3.8, 4) is 0 Å². The third kappa shape index (κ3) is 19.9. The highest BCUT2D eigenvalue weighted by atomic mass is 19.4. The largest absolute Gasteiger partial charge is 0.422 e. The second-order valence-electron chi connectivity index (χ2n) is 29.0. The number of halogens is 11. The number of benzene rings is 2. The van der Waals surface area contributed by atoms with Crippen LogP contribution in [0.1, 0.15) is 133 Å². The Hall–Kier alpha value is -8.95. The highest BCUT2D eigenvalue weighted by Gasteiger charge is 2.56. The molecule has 10 atom stereocenters. The number of nitrogens with one attached hydrogen (secondary N) is 3. The predicted molar refractivity (Wildman–Crippen MR) is 363 cm³/mol. The molecule has 12 amide bonds. The highest BCUT2D eigenvalue weighted by molar-refractivity contribution is 6.01. The summed E-state index contributed by atoms with van der Waals surface area (Å²) in [6.45, 7) is 1.49. The lowest BCUT2D eigenvalue weighted by atomic mass is 9.74.